The van der Waals surface area contributed by atoms with E-state index >= 15 is 0 Å². The third kappa shape index (κ3) is 2.48. The summed E-state index contributed by atoms with van der Waals surface area (Å²) in [6.45, 7) is 4.21. The zero-order chi connectivity index (χ0) is 10.9. The molecule has 0 bridgehead atoms. The molecule has 2 fully saturated rings. The van der Waals surface area contributed by atoms with Crippen molar-refractivity contribution in [1.29, 1.82) is 0 Å². The van der Waals surface area contributed by atoms with Gasteiger partial charge in [-0.3, -0.25) is 9.69 Å². The summed E-state index contributed by atoms with van der Waals surface area (Å²) in [5.74, 6) is 1.19. The van der Waals surface area contributed by atoms with Crippen LogP contribution in [0.15, 0.2) is 0 Å². The molecule has 0 amide bonds. The topological polar surface area (TPSA) is 40.5 Å². The molecule has 4 heteroatoms. The lowest BCUT2D eigenvalue weighted by atomic mass is 9.70. The Hall–Kier alpha value is -0.220. The van der Waals surface area contributed by atoms with E-state index < -0.39 is 5.97 Å². The van der Waals surface area contributed by atoms with Crippen LogP contribution in [0.25, 0.3) is 0 Å². The van der Waals surface area contributed by atoms with Crippen molar-refractivity contribution in [3.63, 3.8) is 0 Å². The molecule has 1 saturated heterocycles. The molecule has 1 saturated carbocycles. The number of rotatable bonds is 3. The Morgan fingerprint density at radius 1 is 1.60 bits per heavy atom. The molecule has 1 unspecified atom stereocenters. The van der Waals surface area contributed by atoms with Crippen LogP contribution in [0.4, 0.5) is 0 Å². The zero-order valence-electron chi connectivity index (χ0n) is 9.24. The van der Waals surface area contributed by atoms with Crippen molar-refractivity contribution in [3.8, 4) is 0 Å². The molecule has 1 heterocycles. The fourth-order valence-corrected chi connectivity index (χ4v) is 3.59. The second-order valence-corrected chi connectivity index (χ2v) is 6.21. The first-order valence-electron chi connectivity index (χ1n) is 5.65. The van der Waals surface area contributed by atoms with Crippen LogP contribution in [0, 0.1) is 5.41 Å². The minimum absolute atomic E-state index is 0.249. The van der Waals surface area contributed by atoms with Crippen LogP contribution in [-0.2, 0) is 4.79 Å². The molecule has 0 aromatic rings. The van der Waals surface area contributed by atoms with Crippen molar-refractivity contribution in [3.05, 3.63) is 0 Å². The average Bonchev–Trinajstić information content (AvgIpc) is 2.16. The van der Waals surface area contributed by atoms with Crippen LogP contribution in [0.5, 0.6) is 0 Å². The number of carboxylic acids is 1. The predicted molar refractivity (Wildman–Crippen MR) is 62.3 cm³/mol. The van der Waals surface area contributed by atoms with E-state index in [1.165, 1.54) is 19.3 Å². The van der Waals surface area contributed by atoms with Gasteiger partial charge in [-0.2, -0.15) is 11.8 Å². The first kappa shape index (κ1) is 11.3. The molecule has 2 aliphatic rings. The lowest BCUT2D eigenvalue weighted by Gasteiger charge is -2.45. The van der Waals surface area contributed by atoms with Crippen molar-refractivity contribution < 1.29 is 9.90 Å². The second kappa shape index (κ2) is 4.34. The standard InChI is InChI=1S/C11H19NO2S/c1-11(3-2-4-11)8-12-5-6-15-7-9(12)10(13)14/h9H,2-8H2,1H3,(H,13,14). The second-order valence-electron chi connectivity index (χ2n) is 5.06. The Balaban J connectivity index is 1.95. The van der Waals surface area contributed by atoms with Crippen molar-refractivity contribution in [1.82, 2.24) is 4.90 Å². The molecule has 86 valence electrons. The van der Waals surface area contributed by atoms with Gasteiger partial charge in [0.05, 0.1) is 0 Å². The fraction of sp³-hybridized carbons (Fsp3) is 0.909. The van der Waals surface area contributed by atoms with Gasteiger partial charge in [0.25, 0.3) is 0 Å². The number of carbonyl (C=O) groups is 1. The molecule has 1 N–H and O–H groups in total. The molecule has 0 aromatic heterocycles. The molecule has 0 aromatic carbocycles. The van der Waals surface area contributed by atoms with E-state index in [0.29, 0.717) is 5.41 Å². The van der Waals surface area contributed by atoms with Gasteiger partial charge >= 0.3 is 5.97 Å². The van der Waals surface area contributed by atoms with Crippen LogP contribution in [0.2, 0.25) is 0 Å². The highest BCUT2D eigenvalue weighted by Crippen LogP contribution is 2.41. The van der Waals surface area contributed by atoms with Gasteiger partial charge in [-0.05, 0) is 18.3 Å². The van der Waals surface area contributed by atoms with Crippen molar-refractivity contribution in [2.75, 3.05) is 24.6 Å². The lowest BCUT2D eigenvalue weighted by molar-refractivity contribution is -0.143. The summed E-state index contributed by atoms with van der Waals surface area (Å²) in [6.07, 6.45) is 3.85. The van der Waals surface area contributed by atoms with Gasteiger partial charge in [0.2, 0.25) is 0 Å². The summed E-state index contributed by atoms with van der Waals surface area (Å²) in [6, 6.07) is -0.249. The summed E-state index contributed by atoms with van der Waals surface area (Å²) < 4.78 is 0. The Morgan fingerprint density at radius 2 is 2.33 bits per heavy atom. The van der Waals surface area contributed by atoms with Gasteiger partial charge in [0.1, 0.15) is 6.04 Å². The molecule has 1 aliphatic heterocycles. The number of thioether (sulfide) groups is 1. The summed E-state index contributed by atoms with van der Waals surface area (Å²) in [4.78, 5) is 13.3. The third-order valence-electron chi connectivity index (χ3n) is 3.67. The Kier molecular flexibility index (Phi) is 3.26. The molecular formula is C11H19NO2S. The maximum atomic E-state index is 11.1. The van der Waals surface area contributed by atoms with Gasteiger partial charge < -0.3 is 5.11 Å². The van der Waals surface area contributed by atoms with E-state index in [4.69, 9.17) is 5.11 Å². The van der Waals surface area contributed by atoms with E-state index in [9.17, 15) is 4.79 Å². The molecule has 3 nitrogen and oxygen atoms in total. The summed E-state index contributed by atoms with van der Waals surface area (Å²) in [5, 5.41) is 9.14. The van der Waals surface area contributed by atoms with Crippen LogP contribution in [0.1, 0.15) is 26.2 Å². The van der Waals surface area contributed by atoms with Gasteiger partial charge in [0.15, 0.2) is 0 Å². The largest absolute Gasteiger partial charge is 0.480 e. The fourth-order valence-electron chi connectivity index (χ4n) is 2.48. The van der Waals surface area contributed by atoms with Gasteiger partial charge in [0, 0.05) is 24.6 Å². The summed E-state index contributed by atoms with van der Waals surface area (Å²) in [7, 11) is 0. The van der Waals surface area contributed by atoms with Crippen molar-refractivity contribution >= 4 is 17.7 Å². The predicted octanol–water partition coefficient (Wildman–Crippen LogP) is 1.68. The van der Waals surface area contributed by atoms with Gasteiger partial charge in [-0.25, -0.2) is 0 Å². The highest BCUT2D eigenvalue weighted by Gasteiger charge is 2.38. The molecule has 15 heavy (non-hydrogen) atoms. The maximum absolute atomic E-state index is 11.1. The maximum Gasteiger partial charge on any atom is 0.321 e. The smallest absolute Gasteiger partial charge is 0.321 e. The average molecular weight is 229 g/mol. The number of carboxylic acid groups (broad SMARTS) is 1. The third-order valence-corrected chi connectivity index (χ3v) is 4.69. The lowest BCUT2D eigenvalue weighted by Crippen LogP contribution is -2.52. The van der Waals surface area contributed by atoms with Crippen molar-refractivity contribution in [2.24, 2.45) is 5.41 Å². The Bertz CT molecular complexity index is 253. The highest BCUT2D eigenvalue weighted by atomic mass is 32.2. The highest BCUT2D eigenvalue weighted by molar-refractivity contribution is 7.99. The Morgan fingerprint density at radius 3 is 2.87 bits per heavy atom. The van der Waals surface area contributed by atoms with Crippen LogP contribution in [0.3, 0.4) is 0 Å². The number of hydrogen-bond donors (Lipinski definition) is 1. The quantitative estimate of drug-likeness (QED) is 0.799. The molecule has 2 rings (SSSR count). The van der Waals surface area contributed by atoms with E-state index in [2.05, 4.69) is 11.8 Å². The van der Waals surface area contributed by atoms with E-state index in [1.807, 2.05) is 0 Å². The molecule has 1 aliphatic carbocycles. The van der Waals surface area contributed by atoms with Crippen LogP contribution in [-0.4, -0.2) is 46.6 Å². The van der Waals surface area contributed by atoms with Gasteiger partial charge in [-0.15, -0.1) is 0 Å². The molecule has 0 spiro atoms. The zero-order valence-corrected chi connectivity index (χ0v) is 10.1. The van der Waals surface area contributed by atoms with Crippen molar-refractivity contribution in [2.45, 2.75) is 32.2 Å². The monoisotopic (exact) mass is 229 g/mol. The first-order chi connectivity index (χ1) is 7.11. The number of nitrogens with zero attached hydrogens (tertiary/aromatic N) is 1. The van der Waals surface area contributed by atoms with E-state index in [0.717, 1.165) is 24.6 Å². The minimum Gasteiger partial charge on any atom is -0.480 e. The van der Waals surface area contributed by atoms with E-state index in [1.54, 1.807) is 11.8 Å². The van der Waals surface area contributed by atoms with Crippen LogP contribution < -0.4 is 0 Å². The Labute approximate surface area is 95.2 Å². The number of hydrogen-bond acceptors (Lipinski definition) is 3. The molecular weight excluding hydrogens is 210 g/mol. The normalized spacial score (nSPS) is 30.9. The van der Waals surface area contributed by atoms with E-state index in [-0.39, 0.29) is 6.04 Å². The first-order valence-corrected chi connectivity index (χ1v) is 6.81. The number of aliphatic carboxylic acids is 1. The SMILES string of the molecule is CC1(CN2CCSCC2C(=O)O)CCC1. The van der Waals surface area contributed by atoms with Crippen LogP contribution >= 0.6 is 11.8 Å². The minimum atomic E-state index is -0.648. The summed E-state index contributed by atoms with van der Waals surface area (Å²) in [5.41, 5.74) is 0.399. The molecule has 0 radical (unpaired) electrons. The van der Waals surface area contributed by atoms with Gasteiger partial charge in [-0.1, -0.05) is 13.3 Å². The summed E-state index contributed by atoms with van der Waals surface area (Å²) >= 11 is 1.76. The molecule has 1 atom stereocenters.